The third-order valence-corrected chi connectivity index (χ3v) is 6.18. The Balaban J connectivity index is 0.000000505. The molecule has 2 aromatic carbocycles. The van der Waals surface area contributed by atoms with E-state index in [1.165, 1.54) is 26.3 Å². The van der Waals surface area contributed by atoms with Crippen molar-refractivity contribution in [3.05, 3.63) is 78.3 Å². The summed E-state index contributed by atoms with van der Waals surface area (Å²) < 4.78 is 25.7. The molecule has 0 atom stereocenters. The summed E-state index contributed by atoms with van der Waals surface area (Å²) in [7, 11) is 1.88. The lowest BCUT2D eigenvalue weighted by Gasteiger charge is -2.09. The van der Waals surface area contributed by atoms with Crippen LogP contribution in [0.15, 0.2) is 67.0 Å². The SMILES string of the molecule is CC(=O)c1cc2ccc(-c3nccc(Nc4ccc(/C(C=N)=C/N)cc4)n3)cc2n1C.CCC(F)(F)CC. The van der Waals surface area contributed by atoms with E-state index in [2.05, 4.69) is 15.3 Å². The van der Waals surface area contributed by atoms with Gasteiger partial charge >= 0.3 is 0 Å². The van der Waals surface area contributed by atoms with Crippen LogP contribution < -0.4 is 11.1 Å². The number of nitrogens with two attached hydrogens (primary N) is 1. The van der Waals surface area contributed by atoms with Crippen molar-refractivity contribution in [3.63, 3.8) is 0 Å². The molecule has 0 radical (unpaired) electrons. The lowest BCUT2D eigenvalue weighted by molar-refractivity contribution is -0.00647. The summed E-state index contributed by atoms with van der Waals surface area (Å²) in [5.74, 6) is -1.13. The van der Waals surface area contributed by atoms with E-state index in [0.717, 1.165) is 27.7 Å². The first-order valence-corrected chi connectivity index (χ1v) is 12.2. The number of benzene rings is 2. The third kappa shape index (κ3) is 6.67. The number of nitrogens with zero attached hydrogens (tertiary/aromatic N) is 3. The summed E-state index contributed by atoms with van der Waals surface area (Å²) in [5, 5.41) is 11.7. The zero-order chi connectivity index (χ0) is 27.9. The van der Waals surface area contributed by atoms with Crippen LogP contribution >= 0.6 is 0 Å². The number of aryl methyl sites for hydroxylation is 1. The van der Waals surface area contributed by atoms with Crippen LogP contribution in [0.2, 0.25) is 0 Å². The fourth-order valence-electron chi connectivity index (χ4n) is 3.75. The van der Waals surface area contributed by atoms with Crippen LogP contribution in [0.25, 0.3) is 27.9 Å². The van der Waals surface area contributed by atoms with Crippen molar-refractivity contribution < 1.29 is 13.6 Å². The second-order valence-electron chi connectivity index (χ2n) is 8.72. The second kappa shape index (κ2) is 12.2. The summed E-state index contributed by atoms with van der Waals surface area (Å²) in [5.41, 5.74) is 10.4. The maximum Gasteiger partial charge on any atom is 0.247 e. The monoisotopic (exact) mass is 518 g/mol. The van der Waals surface area contributed by atoms with Gasteiger partial charge in [-0.25, -0.2) is 18.7 Å². The molecule has 0 amide bonds. The molecule has 0 bridgehead atoms. The number of allylic oxidation sites excluding steroid dienone is 1. The van der Waals surface area contributed by atoms with Crippen molar-refractivity contribution in [3.8, 4) is 11.4 Å². The molecule has 0 fully saturated rings. The van der Waals surface area contributed by atoms with Crippen molar-refractivity contribution in [2.45, 2.75) is 39.5 Å². The number of aromatic nitrogens is 3. The fourth-order valence-corrected chi connectivity index (χ4v) is 3.75. The van der Waals surface area contributed by atoms with Gasteiger partial charge in [0.25, 0.3) is 0 Å². The first kappa shape index (κ1) is 28.2. The molecule has 4 aromatic rings. The van der Waals surface area contributed by atoms with Gasteiger partial charge < -0.3 is 21.0 Å². The van der Waals surface area contributed by atoms with Crippen molar-refractivity contribution in [2.75, 3.05) is 5.32 Å². The van der Waals surface area contributed by atoms with Crippen molar-refractivity contribution in [1.82, 2.24) is 14.5 Å². The van der Waals surface area contributed by atoms with E-state index >= 15 is 0 Å². The molecule has 0 aliphatic heterocycles. The molecule has 0 spiro atoms. The van der Waals surface area contributed by atoms with Gasteiger partial charge in [-0.15, -0.1) is 0 Å². The number of alkyl halides is 2. The summed E-state index contributed by atoms with van der Waals surface area (Å²) in [6, 6.07) is 17.2. The molecule has 2 heterocycles. The van der Waals surface area contributed by atoms with Gasteiger partial charge in [0, 0.05) is 73.2 Å². The second-order valence-corrected chi connectivity index (χ2v) is 8.72. The number of carbonyl (C=O) groups excluding carboxylic acids is 1. The molecule has 38 heavy (non-hydrogen) atoms. The average molecular weight is 519 g/mol. The smallest absolute Gasteiger partial charge is 0.247 e. The van der Waals surface area contributed by atoms with Gasteiger partial charge in [0.05, 0.1) is 5.69 Å². The normalized spacial score (nSPS) is 11.6. The summed E-state index contributed by atoms with van der Waals surface area (Å²) in [4.78, 5) is 20.9. The van der Waals surface area contributed by atoms with Crippen molar-refractivity contribution in [1.29, 1.82) is 5.41 Å². The molecular formula is C29H32F2N6O. The van der Waals surface area contributed by atoms with Crippen LogP contribution in [0.4, 0.5) is 20.3 Å². The molecule has 7 nitrogen and oxygen atoms in total. The van der Waals surface area contributed by atoms with E-state index in [1.54, 1.807) is 19.2 Å². The Bertz CT molecular complexity index is 1450. The average Bonchev–Trinajstić information content (AvgIpc) is 3.27. The highest BCUT2D eigenvalue weighted by molar-refractivity contribution is 6.08. The number of anilines is 2. The predicted molar refractivity (Wildman–Crippen MR) is 150 cm³/mol. The minimum atomic E-state index is -2.42. The van der Waals surface area contributed by atoms with Gasteiger partial charge in [-0.2, -0.15) is 0 Å². The van der Waals surface area contributed by atoms with Crippen LogP contribution in [0.5, 0.6) is 0 Å². The molecular weight excluding hydrogens is 486 g/mol. The Labute approximate surface area is 220 Å². The third-order valence-electron chi connectivity index (χ3n) is 6.18. The van der Waals surface area contributed by atoms with Crippen molar-refractivity contribution in [2.24, 2.45) is 12.8 Å². The Morgan fingerprint density at radius 1 is 1.11 bits per heavy atom. The van der Waals surface area contributed by atoms with Crippen LogP contribution in [0, 0.1) is 5.41 Å². The van der Waals surface area contributed by atoms with E-state index in [9.17, 15) is 13.6 Å². The molecule has 0 aliphatic rings. The van der Waals surface area contributed by atoms with Gasteiger partial charge in [0.2, 0.25) is 5.92 Å². The van der Waals surface area contributed by atoms with E-state index in [0.29, 0.717) is 22.9 Å². The van der Waals surface area contributed by atoms with Gasteiger partial charge in [0.15, 0.2) is 11.6 Å². The van der Waals surface area contributed by atoms with Gasteiger partial charge in [0.1, 0.15) is 5.82 Å². The Kier molecular flexibility index (Phi) is 9.07. The largest absolute Gasteiger partial charge is 0.404 e. The van der Waals surface area contributed by atoms with Crippen LogP contribution in [-0.2, 0) is 7.05 Å². The number of hydrogen-bond donors (Lipinski definition) is 3. The molecule has 0 aliphatic carbocycles. The quantitative estimate of drug-likeness (QED) is 0.172. The number of rotatable bonds is 8. The topological polar surface area (TPSA) is 110 Å². The van der Waals surface area contributed by atoms with Crippen molar-refractivity contribution >= 4 is 40.0 Å². The summed E-state index contributed by atoms with van der Waals surface area (Å²) in [6.45, 7) is 4.55. The maximum atomic E-state index is 11.9. The van der Waals surface area contributed by atoms with E-state index in [1.807, 2.05) is 60.1 Å². The Morgan fingerprint density at radius 3 is 2.34 bits per heavy atom. The zero-order valence-electron chi connectivity index (χ0n) is 21.9. The molecule has 4 N–H and O–H groups in total. The van der Waals surface area contributed by atoms with Crippen LogP contribution in [0.3, 0.4) is 0 Å². The first-order valence-electron chi connectivity index (χ1n) is 12.2. The molecule has 2 aromatic heterocycles. The predicted octanol–water partition coefficient (Wildman–Crippen LogP) is 6.97. The number of hydrogen-bond acceptors (Lipinski definition) is 6. The highest BCUT2D eigenvalue weighted by atomic mass is 19.3. The molecule has 198 valence electrons. The fraction of sp³-hybridized carbons (Fsp3) is 0.241. The Hall–Kier alpha value is -4.40. The standard InChI is InChI=1S/C24H22N6O.C5H10F2/c1-15(31)21-11-17-3-4-18(12-22(17)30(21)2)24-27-10-9-23(29-24)28-20-7-5-16(6-8-20)19(13-25)14-26;1-3-5(6,7)4-2/h3-14,25H,26H2,1-2H3,(H,27,28,29);3-4H2,1-2H3/b19-14+,25-13?;. The zero-order valence-corrected chi connectivity index (χ0v) is 21.9. The maximum absolute atomic E-state index is 11.9. The van der Waals surface area contributed by atoms with Gasteiger partial charge in [-0.1, -0.05) is 38.1 Å². The van der Waals surface area contributed by atoms with Gasteiger partial charge in [-0.05, 0) is 35.9 Å². The lowest BCUT2D eigenvalue weighted by atomic mass is 10.1. The minimum Gasteiger partial charge on any atom is -0.404 e. The first-order chi connectivity index (χ1) is 18.1. The number of halogens is 2. The van der Waals surface area contributed by atoms with Gasteiger partial charge in [-0.3, -0.25) is 4.79 Å². The molecule has 9 heteroatoms. The highest BCUT2D eigenvalue weighted by Crippen LogP contribution is 2.26. The molecule has 0 saturated carbocycles. The number of ketones is 1. The lowest BCUT2D eigenvalue weighted by Crippen LogP contribution is -2.10. The minimum absolute atomic E-state index is 0.0309. The van der Waals surface area contributed by atoms with Crippen LogP contribution in [-0.4, -0.2) is 32.5 Å². The number of Topliss-reactive ketones (excluding diaryl/α,β-unsaturated/α-hetero) is 1. The summed E-state index contributed by atoms with van der Waals surface area (Å²) >= 11 is 0. The molecule has 4 rings (SSSR count). The summed E-state index contributed by atoms with van der Waals surface area (Å²) in [6.07, 6.45) is 4.27. The number of fused-ring (bicyclic) bond motifs is 1. The van der Waals surface area contributed by atoms with E-state index in [4.69, 9.17) is 11.1 Å². The van der Waals surface area contributed by atoms with E-state index in [-0.39, 0.29) is 18.6 Å². The number of nitrogens with one attached hydrogen (secondary N) is 2. The van der Waals surface area contributed by atoms with Crippen LogP contribution in [0.1, 0.15) is 49.7 Å². The molecule has 0 unspecified atom stereocenters. The number of carbonyl (C=O) groups is 1. The Morgan fingerprint density at radius 2 is 1.79 bits per heavy atom. The molecule has 0 saturated heterocycles. The van der Waals surface area contributed by atoms with E-state index < -0.39 is 5.92 Å². The highest BCUT2D eigenvalue weighted by Gasteiger charge is 2.21.